The maximum atomic E-state index is 13.3. The number of aromatic nitrogens is 1. The van der Waals surface area contributed by atoms with E-state index in [0.717, 1.165) is 0 Å². The Morgan fingerprint density at radius 2 is 2.18 bits per heavy atom. The fourth-order valence-corrected chi connectivity index (χ4v) is 2.37. The van der Waals surface area contributed by atoms with Gasteiger partial charge in [0.05, 0.1) is 11.1 Å². The highest BCUT2D eigenvalue weighted by Crippen LogP contribution is 2.31. The number of hydrogen-bond donors (Lipinski definition) is 1. The monoisotopic (exact) mass is 316 g/mol. The van der Waals surface area contributed by atoms with Gasteiger partial charge in [-0.25, -0.2) is 9.37 Å². The minimum absolute atomic E-state index is 0.179. The van der Waals surface area contributed by atoms with Crippen LogP contribution in [0, 0.1) is 12.7 Å². The van der Waals surface area contributed by atoms with Crippen LogP contribution in [0.1, 0.15) is 15.9 Å². The number of rotatable bonds is 1. The molecule has 1 aromatic carbocycles. The van der Waals surface area contributed by atoms with Gasteiger partial charge in [-0.2, -0.15) is 0 Å². The van der Waals surface area contributed by atoms with E-state index in [1.165, 1.54) is 12.1 Å². The number of nitrogens with two attached hydrogens (primary N) is 1. The van der Waals surface area contributed by atoms with Gasteiger partial charge in [-0.15, -0.1) is 0 Å². The van der Waals surface area contributed by atoms with Crippen LogP contribution in [0.4, 0.5) is 4.39 Å². The third-order valence-electron chi connectivity index (χ3n) is 2.44. The fourth-order valence-electron chi connectivity index (χ4n) is 1.67. The van der Waals surface area contributed by atoms with Crippen molar-refractivity contribution in [3.05, 3.63) is 38.7 Å². The smallest absolute Gasteiger partial charge is 0.249 e. The molecular formula is C11H7BrClFN2O. The molecule has 0 bridgehead atoms. The second-order valence-corrected chi connectivity index (χ2v) is 4.76. The van der Waals surface area contributed by atoms with Crippen molar-refractivity contribution in [2.45, 2.75) is 6.92 Å². The summed E-state index contributed by atoms with van der Waals surface area (Å²) in [6.07, 6.45) is 0. The predicted molar refractivity (Wildman–Crippen MR) is 67.7 cm³/mol. The second-order valence-electron chi connectivity index (χ2n) is 3.55. The van der Waals surface area contributed by atoms with Crippen LogP contribution in [0.25, 0.3) is 10.9 Å². The van der Waals surface area contributed by atoms with E-state index in [9.17, 15) is 9.18 Å². The predicted octanol–water partition coefficient (Wildman–Crippen LogP) is 3.20. The lowest BCUT2D eigenvalue weighted by molar-refractivity contribution is 0.100. The van der Waals surface area contributed by atoms with E-state index in [1.807, 2.05) is 0 Å². The van der Waals surface area contributed by atoms with Crippen LogP contribution in [-0.4, -0.2) is 10.9 Å². The number of pyridine rings is 1. The molecule has 17 heavy (non-hydrogen) atoms. The third-order valence-corrected chi connectivity index (χ3v) is 3.41. The van der Waals surface area contributed by atoms with Crippen LogP contribution in [0.5, 0.6) is 0 Å². The van der Waals surface area contributed by atoms with Gasteiger partial charge in [-0.3, -0.25) is 4.79 Å². The van der Waals surface area contributed by atoms with Crippen LogP contribution in [0.15, 0.2) is 16.6 Å². The molecule has 0 aliphatic rings. The van der Waals surface area contributed by atoms with Gasteiger partial charge < -0.3 is 5.73 Å². The van der Waals surface area contributed by atoms with E-state index in [0.29, 0.717) is 20.9 Å². The summed E-state index contributed by atoms with van der Waals surface area (Å²) in [7, 11) is 0. The van der Waals surface area contributed by atoms with Gasteiger partial charge >= 0.3 is 0 Å². The summed E-state index contributed by atoms with van der Waals surface area (Å²) in [4.78, 5) is 15.5. The third kappa shape index (κ3) is 2.00. The molecule has 2 rings (SSSR count). The lowest BCUT2D eigenvalue weighted by Gasteiger charge is -2.09. The summed E-state index contributed by atoms with van der Waals surface area (Å²) in [5, 5.41) is 0.532. The zero-order chi connectivity index (χ0) is 12.7. The van der Waals surface area contributed by atoms with E-state index in [4.69, 9.17) is 17.3 Å². The molecular weight excluding hydrogens is 310 g/mol. The van der Waals surface area contributed by atoms with Crippen LogP contribution in [0.3, 0.4) is 0 Å². The Balaban J connectivity index is 3.03. The number of fused-ring (bicyclic) bond motifs is 1. The van der Waals surface area contributed by atoms with E-state index in [-0.39, 0.29) is 10.7 Å². The van der Waals surface area contributed by atoms with Gasteiger partial charge in [-0.05, 0) is 40.5 Å². The highest BCUT2D eigenvalue weighted by molar-refractivity contribution is 9.10. The zero-order valence-electron chi connectivity index (χ0n) is 8.72. The molecule has 0 fully saturated rings. The Morgan fingerprint density at radius 1 is 1.53 bits per heavy atom. The molecule has 0 radical (unpaired) electrons. The molecule has 3 nitrogen and oxygen atoms in total. The highest BCUT2D eigenvalue weighted by Gasteiger charge is 2.17. The summed E-state index contributed by atoms with van der Waals surface area (Å²) < 4.78 is 13.8. The Hall–Kier alpha value is -1.20. The molecule has 6 heteroatoms. The summed E-state index contributed by atoms with van der Waals surface area (Å²) in [6.45, 7) is 1.62. The van der Waals surface area contributed by atoms with Crippen molar-refractivity contribution in [2.24, 2.45) is 5.73 Å². The molecule has 2 N–H and O–H groups in total. The van der Waals surface area contributed by atoms with Gasteiger partial charge in [0, 0.05) is 9.86 Å². The minimum atomic E-state index is -0.658. The summed E-state index contributed by atoms with van der Waals surface area (Å²) >= 11 is 9.09. The van der Waals surface area contributed by atoms with Gasteiger partial charge in [0.2, 0.25) is 5.91 Å². The molecule has 0 spiro atoms. The Labute approximate surface area is 110 Å². The standard InChI is InChI=1S/C11H7BrClFN2O/c1-4-8(11(15)17)6-2-5(14)3-7(12)9(6)16-10(4)13/h2-3H,1H3,(H2,15,17). The number of benzene rings is 1. The Morgan fingerprint density at radius 3 is 2.76 bits per heavy atom. The van der Waals surface area contributed by atoms with Crippen LogP contribution in [0.2, 0.25) is 5.15 Å². The zero-order valence-corrected chi connectivity index (χ0v) is 11.1. The lowest BCUT2D eigenvalue weighted by atomic mass is 10.0. The first-order chi connectivity index (χ1) is 7.91. The number of carbonyl (C=O) groups is 1. The Bertz CT molecular complexity index is 645. The first-order valence-electron chi connectivity index (χ1n) is 4.66. The van der Waals surface area contributed by atoms with Crippen molar-refractivity contribution >= 4 is 44.3 Å². The van der Waals surface area contributed by atoms with Gasteiger partial charge in [0.15, 0.2) is 0 Å². The second kappa shape index (κ2) is 4.23. The average Bonchev–Trinajstić information content (AvgIpc) is 2.20. The maximum absolute atomic E-state index is 13.3. The highest BCUT2D eigenvalue weighted by atomic mass is 79.9. The van der Waals surface area contributed by atoms with Crippen LogP contribution in [-0.2, 0) is 0 Å². The number of amides is 1. The summed E-state index contributed by atoms with van der Waals surface area (Å²) in [5.41, 5.74) is 6.34. The minimum Gasteiger partial charge on any atom is -0.366 e. The number of nitrogens with zero attached hydrogens (tertiary/aromatic N) is 1. The number of primary amides is 1. The van der Waals surface area contributed by atoms with Crippen molar-refractivity contribution in [1.29, 1.82) is 0 Å². The summed E-state index contributed by atoms with van der Waals surface area (Å²) in [6, 6.07) is 2.47. The number of hydrogen-bond acceptors (Lipinski definition) is 2. The molecule has 2 aromatic rings. The van der Waals surface area contributed by atoms with E-state index < -0.39 is 11.7 Å². The van der Waals surface area contributed by atoms with Crippen LogP contribution < -0.4 is 5.73 Å². The SMILES string of the molecule is Cc1c(Cl)nc2c(Br)cc(F)cc2c1C(N)=O. The van der Waals surface area contributed by atoms with Gasteiger partial charge in [-0.1, -0.05) is 11.6 Å². The topological polar surface area (TPSA) is 56.0 Å². The molecule has 1 heterocycles. The average molecular weight is 318 g/mol. The molecule has 0 saturated carbocycles. The molecule has 0 atom stereocenters. The van der Waals surface area contributed by atoms with E-state index in [1.54, 1.807) is 6.92 Å². The molecule has 0 aliphatic heterocycles. The normalized spacial score (nSPS) is 10.8. The lowest BCUT2D eigenvalue weighted by Crippen LogP contribution is -2.14. The molecule has 88 valence electrons. The first-order valence-corrected chi connectivity index (χ1v) is 5.83. The van der Waals surface area contributed by atoms with Crippen LogP contribution >= 0.6 is 27.5 Å². The van der Waals surface area contributed by atoms with Crippen molar-refractivity contribution in [3.63, 3.8) is 0 Å². The molecule has 1 aromatic heterocycles. The maximum Gasteiger partial charge on any atom is 0.249 e. The van der Waals surface area contributed by atoms with E-state index >= 15 is 0 Å². The summed E-state index contributed by atoms with van der Waals surface area (Å²) in [5.74, 6) is -1.13. The van der Waals surface area contributed by atoms with E-state index in [2.05, 4.69) is 20.9 Å². The Kier molecular flexibility index (Phi) is 3.05. The quantitative estimate of drug-likeness (QED) is 0.821. The molecule has 1 amide bonds. The molecule has 0 unspecified atom stereocenters. The molecule has 0 aliphatic carbocycles. The van der Waals surface area contributed by atoms with Crippen molar-refractivity contribution in [1.82, 2.24) is 4.98 Å². The van der Waals surface area contributed by atoms with Crippen molar-refractivity contribution in [2.75, 3.05) is 0 Å². The number of carbonyl (C=O) groups excluding carboxylic acids is 1. The first kappa shape index (κ1) is 12.3. The number of halogens is 3. The van der Waals surface area contributed by atoms with Gasteiger partial charge in [0.1, 0.15) is 11.0 Å². The molecule has 0 saturated heterocycles. The van der Waals surface area contributed by atoms with Gasteiger partial charge in [0.25, 0.3) is 0 Å². The largest absolute Gasteiger partial charge is 0.366 e. The fraction of sp³-hybridized carbons (Fsp3) is 0.0909. The van der Waals surface area contributed by atoms with Crippen molar-refractivity contribution in [3.8, 4) is 0 Å². The van der Waals surface area contributed by atoms with Crippen molar-refractivity contribution < 1.29 is 9.18 Å².